The van der Waals surface area contributed by atoms with Crippen LogP contribution in [0.3, 0.4) is 0 Å². The first-order valence-electron chi connectivity index (χ1n) is 5.55. The summed E-state index contributed by atoms with van der Waals surface area (Å²) in [5, 5.41) is 0. The average molecular weight is 184 g/mol. The van der Waals surface area contributed by atoms with Crippen molar-refractivity contribution in [2.24, 2.45) is 0 Å². The van der Waals surface area contributed by atoms with Crippen molar-refractivity contribution in [1.82, 2.24) is 0 Å². The third-order valence-corrected chi connectivity index (χ3v) is 3.15. The third-order valence-electron chi connectivity index (χ3n) is 3.15. The first-order valence-corrected chi connectivity index (χ1v) is 5.55. The van der Waals surface area contributed by atoms with E-state index >= 15 is 0 Å². The average Bonchev–Trinajstić information content (AvgIpc) is 2.43. The predicted molar refractivity (Wildman–Crippen MR) is 51.8 cm³/mol. The Balaban J connectivity index is 1.58. The number of ether oxygens (including phenoxy) is 2. The summed E-state index contributed by atoms with van der Waals surface area (Å²) in [5.74, 6) is 0. The maximum Gasteiger partial charge on any atom is 0.0604 e. The molecule has 2 aliphatic rings. The summed E-state index contributed by atoms with van der Waals surface area (Å²) >= 11 is 0. The van der Waals surface area contributed by atoms with Crippen LogP contribution in [0.15, 0.2) is 0 Å². The number of hydrogen-bond donors (Lipinski definition) is 0. The Morgan fingerprint density at radius 1 is 0.923 bits per heavy atom. The lowest BCUT2D eigenvalue weighted by molar-refractivity contribution is -0.120. The van der Waals surface area contributed by atoms with E-state index in [4.69, 9.17) is 9.47 Å². The highest BCUT2D eigenvalue weighted by Gasteiger charge is 2.28. The molecule has 0 aliphatic carbocycles. The Labute approximate surface area is 80.6 Å². The van der Waals surface area contributed by atoms with Gasteiger partial charge in [0.1, 0.15) is 0 Å². The highest BCUT2D eigenvalue weighted by atomic mass is 16.5. The van der Waals surface area contributed by atoms with E-state index in [1.807, 2.05) is 0 Å². The molecule has 0 N–H and O–H groups in total. The zero-order valence-electron chi connectivity index (χ0n) is 8.66. The van der Waals surface area contributed by atoms with Crippen LogP contribution in [0.1, 0.15) is 46.0 Å². The monoisotopic (exact) mass is 184 g/mol. The summed E-state index contributed by atoms with van der Waals surface area (Å²) in [7, 11) is 0. The molecule has 0 radical (unpaired) electrons. The summed E-state index contributed by atoms with van der Waals surface area (Å²) in [6.45, 7) is 4.31. The Morgan fingerprint density at radius 2 is 1.62 bits per heavy atom. The molecule has 13 heavy (non-hydrogen) atoms. The van der Waals surface area contributed by atoms with Gasteiger partial charge in [-0.05, 0) is 46.0 Å². The first kappa shape index (κ1) is 9.47. The highest BCUT2D eigenvalue weighted by Crippen LogP contribution is 2.28. The van der Waals surface area contributed by atoms with E-state index in [1.165, 1.54) is 32.1 Å². The second-order valence-corrected chi connectivity index (χ2v) is 4.53. The van der Waals surface area contributed by atoms with E-state index in [-0.39, 0.29) is 0 Å². The Bertz CT molecular complexity index is 163. The fourth-order valence-corrected chi connectivity index (χ4v) is 2.34. The van der Waals surface area contributed by atoms with E-state index in [9.17, 15) is 0 Å². The van der Waals surface area contributed by atoms with Gasteiger partial charge < -0.3 is 9.47 Å². The zero-order chi connectivity index (χ0) is 9.26. The molecular weight excluding hydrogens is 164 g/mol. The van der Waals surface area contributed by atoms with Gasteiger partial charge in [0.25, 0.3) is 0 Å². The SMILES string of the molecule is CC1CCC(CCC2CC(C)O2)O1. The summed E-state index contributed by atoms with van der Waals surface area (Å²) in [5.41, 5.74) is 0. The maximum atomic E-state index is 5.75. The summed E-state index contributed by atoms with van der Waals surface area (Å²) in [6.07, 6.45) is 8.20. The van der Waals surface area contributed by atoms with Crippen molar-refractivity contribution in [2.45, 2.75) is 70.4 Å². The molecule has 2 nitrogen and oxygen atoms in total. The summed E-state index contributed by atoms with van der Waals surface area (Å²) < 4.78 is 11.3. The van der Waals surface area contributed by atoms with Gasteiger partial charge in [0, 0.05) is 0 Å². The molecule has 0 saturated carbocycles. The van der Waals surface area contributed by atoms with Crippen molar-refractivity contribution >= 4 is 0 Å². The van der Waals surface area contributed by atoms with E-state index in [2.05, 4.69) is 13.8 Å². The van der Waals surface area contributed by atoms with Crippen molar-refractivity contribution in [2.75, 3.05) is 0 Å². The van der Waals surface area contributed by atoms with Crippen LogP contribution in [-0.2, 0) is 9.47 Å². The smallest absolute Gasteiger partial charge is 0.0604 e. The topological polar surface area (TPSA) is 18.5 Å². The Hall–Kier alpha value is -0.0800. The van der Waals surface area contributed by atoms with Gasteiger partial charge in [0.15, 0.2) is 0 Å². The minimum atomic E-state index is 0.492. The zero-order valence-corrected chi connectivity index (χ0v) is 8.66. The molecule has 2 aliphatic heterocycles. The number of hydrogen-bond acceptors (Lipinski definition) is 2. The highest BCUT2D eigenvalue weighted by molar-refractivity contribution is 4.77. The standard InChI is InChI=1S/C11H20O2/c1-8-3-4-10(12-8)5-6-11-7-9(2)13-11/h8-11H,3-7H2,1-2H3. The lowest BCUT2D eigenvalue weighted by Gasteiger charge is -2.34. The minimum absolute atomic E-state index is 0.492. The largest absolute Gasteiger partial charge is 0.375 e. The van der Waals surface area contributed by atoms with Crippen LogP contribution < -0.4 is 0 Å². The van der Waals surface area contributed by atoms with E-state index in [0.29, 0.717) is 24.4 Å². The summed E-state index contributed by atoms with van der Waals surface area (Å²) in [6, 6.07) is 0. The molecule has 0 aromatic carbocycles. The van der Waals surface area contributed by atoms with Crippen LogP contribution in [0, 0.1) is 0 Å². The van der Waals surface area contributed by atoms with E-state index < -0.39 is 0 Å². The van der Waals surface area contributed by atoms with Crippen molar-refractivity contribution in [1.29, 1.82) is 0 Å². The van der Waals surface area contributed by atoms with Gasteiger partial charge in [-0.25, -0.2) is 0 Å². The summed E-state index contributed by atoms with van der Waals surface area (Å²) in [4.78, 5) is 0. The fraction of sp³-hybridized carbons (Fsp3) is 1.00. The molecule has 2 saturated heterocycles. The van der Waals surface area contributed by atoms with Gasteiger partial charge in [-0.15, -0.1) is 0 Å². The molecule has 2 fully saturated rings. The van der Waals surface area contributed by atoms with Crippen LogP contribution in [-0.4, -0.2) is 24.4 Å². The van der Waals surface area contributed by atoms with Gasteiger partial charge in [-0.1, -0.05) is 0 Å². The van der Waals surface area contributed by atoms with Crippen LogP contribution in [0.25, 0.3) is 0 Å². The van der Waals surface area contributed by atoms with Gasteiger partial charge in [-0.2, -0.15) is 0 Å². The van der Waals surface area contributed by atoms with Crippen molar-refractivity contribution in [3.8, 4) is 0 Å². The van der Waals surface area contributed by atoms with Crippen LogP contribution in [0.5, 0.6) is 0 Å². The predicted octanol–water partition coefficient (Wildman–Crippen LogP) is 2.51. The number of rotatable bonds is 3. The fourth-order valence-electron chi connectivity index (χ4n) is 2.34. The second kappa shape index (κ2) is 3.97. The second-order valence-electron chi connectivity index (χ2n) is 4.53. The van der Waals surface area contributed by atoms with Crippen molar-refractivity contribution in [3.05, 3.63) is 0 Å². The van der Waals surface area contributed by atoms with Crippen LogP contribution in [0.2, 0.25) is 0 Å². The molecule has 0 bridgehead atoms. The molecular formula is C11H20O2. The maximum absolute atomic E-state index is 5.75. The van der Waals surface area contributed by atoms with Gasteiger partial charge >= 0.3 is 0 Å². The van der Waals surface area contributed by atoms with E-state index in [1.54, 1.807) is 0 Å². The van der Waals surface area contributed by atoms with Gasteiger partial charge in [-0.3, -0.25) is 0 Å². The molecule has 2 heterocycles. The van der Waals surface area contributed by atoms with Crippen LogP contribution >= 0.6 is 0 Å². The molecule has 4 atom stereocenters. The van der Waals surface area contributed by atoms with Crippen LogP contribution in [0.4, 0.5) is 0 Å². The van der Waals surface area contributed by atoms with Gasteiger partial charge in [0.2, 0.25) is 0 Å². The molecule has 4 unspecified atom stereocenters. The first-order chi connectivity index (χ1) is 6.24. The molecule has 2 rings (SSSR count). The Morgan fingerprint density at radius 3 is 2.15 bits per heavy atom. The normalized spacial score (nSPS) is 44.8. The lowest BCUT2D eigenvalue weighted by Crippen LogP contribution is -2.35. The quantitative estimate of drug-likeness (QED) is 0.671. The lowest BCUT2D eigenvalue weighted by atomic mass is 9.99. The van der Waals surface area contributed by atoms with E-state index in [0.717, 1.165) is 0 Å². The third kappa shape index (κ3) is 2.44. The van der Waals surface area contributed by atoms with Crippen molar-refractivity contribution < 1.29 is 9.47 Å². The molecule has 0 amide bonds. The minimum Gasteiger partial charge on any atom is -0.375 e. The van der Waals surface area contributed by atoms with Gasteiger partial charge in [0.05, 0.1) is 24.4 Å². The van der Waals surface area contributed by atoms with Crippen molar-refractivity contribution in [3.63, 3.8) is 0 Å². The molecule has 76 valence electrons. The molecule has 0 aromatic heterocycles. The molecule has 0 spiro atoms. The Kier molecular flexibility index (Phi) is 2.89. The molecule has 0 aromatic rings. The molecule has 2 heteroatoms.